The fourth-order valence-electron chi connectivity index (χ4n) is 3.34. The number of hydrogen-bond acceptors (Lipinski definition) is 8. The lowest BCUT2D eigenvalue weighted by molar-refractivity contribution is -0.153. The summed E-state index contributed by atoms with van der Waals surface area (Å²) >= 11 is 0. The molecule has 2 aliphatic heterocycles. The zero-order valence-corrected chi connectivity index (χ0v) is 18.7. The molecule has 4 rings (SSSR count). The maximum atomic E-state index is 12.4. The molecule has 1 unspecified atom stereocenters. The number of benzene rings is 2. The molecule has 1 amide bonds. The van der Waals surface area contributed by atoms with Gasteiger partial charge in [-0.3, -0.25) is 19.3 Å². The predicted molar refractivity (Wildman–Crippen MR) is 119 cm³/mol. The number of nitrogens with zero attached hydrogens (tertiary/aromatic N) is 1. The quantitative estimate of drug-likeness (QED) is 0.463. The van der Waals surface area contributed by atoms with Crippen molar-refractivity contribution in [2.45, 2.75) is 30.8 Å². The van der Waals surface area contributed by atoms with Gasteiger partial charge in [0.25, 0.3) is 15.9 Å². The van der Waals surface area contributed by atoms with Crippen LogP contribution in [0.25, 0.3) is 0 Å². The first-order valence-electron chi connectivity index (χ1n) is 10.4. The lowest BCUT2D eigenvalue weighted by atomic mass is 10.2. The molecule has 2 aromatic rings. The molecule has 2 aromatic carbocycles. The number of esters is 1. The number of amidine groups is 1. The third-order valence-corrected chi connectivity index (χ3v) is 6.36. The Morgan fingerprint density at radius 3 is 2.73 bits per heavy atom. The summed E-state index contributed by atoms with van der Waals surface area (Å²) in [6, 6.07) is 11.6. The molecule has 0 saturated carbocycles. The van der Waals surface area contributed by atoms with Gasteiger partial charge in [0.1, 0.15) is 19.0 Å². The van der Waals surface area contributed by atoms with E-state index in [9.17, 15) is 18.0 Å². The average molecular weight is 474 g/mol. The van der Waals surface area contributed by atoms with Crippen molar-refractivity contribution >= 4 is 33.4 Å². The molecule has 0 aliphatic carbocycles. The van der Waals surface area contributed by atoms with E-state index in [2.05, 4.69) is 15.0 Å². The number of sulfonamides is 1. The molecule has 0 fully saturated rings. The van der Waals surface area contributed by atoms with E-state index >= 15 is 0 Å². The molecule has 0 spiro atoms. The second kappa shape index (κ2) is 9.49. The summed E-state index contributed by atoms with van der Waals surface area (Å²) in [7, 11) is -3.60. The Balaban J connectivity index is 1.24. The van der Waals surface area contributed by atoms with E-state index in [4.69, 9.17) is 14.2 Å². The van der Waals surface area contributed by atoms with Crippen molar-refractivity contribution in [2.75, 3.05) is 25.1 Å². The van der Waals surface area contributed by atoms with E-state index in [1.807, 2.05) is 0 Å². The van der Waals surface area contributed by atoms with Gasteiger partial charge in [-0.15, -0.1) is 0 Å². The van der Waals surface area contributed by atoms with Crippen molar-refractivity contribution in [2.24, 2.45) is 4.99 Å². The van der Waals surface area contributed by atoms with Crippen LogP contribution in [-0.4, -0.2) is 52.0 Å². The molecule has 2 heterocycles. The molecule has 0 radical (unpaired) electrons. The molecule has 10 nitrogen and oxygen atoms in total. The Kier molecular flexibility index (Phi) is 6.50. The molecule has 0 bridgehead atoms. The first kappa shape index (κ1) is 22.6. The van der Waals surface area contributed by atoms with Crippen LogP contribution in [0.15, 0.2) is 52.4 Å². The van der Waals surface area contributed by atoms with E-state index < -0.39 is 28.0 Å². The fraction of sp³-hybridized carbons (Fsp3) is 0.318. The molecular formula is C22H23N3O7S. The van der Waals surface area contributed by atoms with E-state index in [0.717, 1.165) is 0 Å². The van der Waals surface area contributed by atoms with Crippen molar-refractivity contribution in [3.63, 3.8) is 0 Å². The summed E-state index contributed by atoms with van der Waals surface area (Å²) in [6.07, 6.45) is -0.624. The number of aliphatic imine (C=N–C) groups is 1. The lowest BCUT2D eigenvalue weighted by Gasteiger charge is -2.19. The van der Waals surface area contributed by atoms with Crippen molar-refractivity contribution in [3.8, 4) is 11.5 Å². The van der Waals surface area contributed by atoms with Crippen LogP contribution in [0.2, 0.25) is 0 Å². The summed E-state index contributed by atoms with van der Waals surface area (Å²) in [5.74, 6) is 0.379. The first-order valence-corrected chi connectivity index (χ1v) is 11.9. The largest absolute Gasteiger partial charge is 0.486 e. The topological polar surface area (TPSA) is 132 Å². The molecule has 33 heavy (non-hydrogen) atoms. The number of ether oxygens (including phenoxy) is 3. The maximum Gasteiger partial charge on any atom is 0.306 e. The highest BCUT2D eigenvalue weighted by Crippen LogP contribution is 2.32. The van der Waals surface area contributed by atoms with Crippen LogP contribution < -0.4 is 19.5 Å². The molecule has 174 valence electrons. The average Bonchev–Trinajstić information content (AvgIpc) is 3.07. The SMILES string of the molecule is CC(OC(=O)CCCN=C1NS(=O)(=O)c2ccccc21)C(=O)Nc1ccc2c(c1)OCCO2. The maximum absolute atomic E-state index is 12.4. The number of hydrogen-bond donors (Lipinski definition) is 2. The second-order valence-electron chi connectivity index (χ2n) is 7.42. The highest BCUT2D eigenvalue weighted by molar-refractivity contribution is 7.90. The normalized spacial score (nSPS) is 17.5. The minimum absolute atomic E-state index is 0.0345. The Morgan fingerprint density at radius 1 is 1.15 bits per heavy atom. The fourth-order valence-corrected chi connectivity index (χ4v) is 4.59. The van der Waals surface area contributed by atoms with Gasteiger partial charge < -0.3 is 19.5 Å². The van der Waals surface area contributed by atoms with E-state index in [1.54, 1.807) is 36.4 Å². The number of rotatable bonds is 7. The van der Waals surface area contributed by atoms with Crippen LogP contribution in [0.3, 0.4) is 0 Å². The van der Waals surface area contributed by atoms with Gasteiger partial charge in [-0.25, -0.2) is 8.42 Å². The zero-order chi connectivity index (χ0) is 23.4. The second-order valence-corrected chi connectivity index (χ2v) is 9.07. The van der Waals surface area contributed by atoms with Gasteiger partial charge in [0.15, 0.2) is 17.6 Å². The Morgan fingerprint density at radius 2 is 1.91 bits per heavy atom. The van der Waals surface area contributed by atoms with Gasteiger partial charge >= 0.3 is 5.97 Å². The van der Waals surface area contributed by atoms with Gasteiger partial charge in [0.2, 0.25) is 0 Å². The Labute approximate surface area is 191 Å². The number of anilines is 1. The van der Waals surface area contributed by atoms with Crippen LogP contribution in [0.1, 0.15) is 25.3 Å². The highest BCUT2D eigenvalue weighted by Gasteiger charge is 2.30. The minimum atomic E-state index is -3.60. The third kappa shape index (κ3) is 5.25. The monoisotopic (exact) mass is 473 g/mol. The van der Waals surface area contributed by atoms with Gasteiger partial charge in [-0.2, -0.15) is 0 Å². The smallest absolute Gasteiger partial charge is 0.306 e. The number of carbonyl (C=O) groups is 2. The molecular weight excluding hydrogens is 450 g/mol. The minimum Gasteiger partial charge on any atom is -0.486 e. The van der Waals surface area contributed by atoms with Gasteiger partial charge in [-0.05, 0) is 37.6 Å². The zero-order valence-electron chi connectivity index (χ0n) is 17.9. The van der Waals surface area contributed by atoms with Crippen LogP contribution >= 0.6 is 0 Å². The van der Waals surface area contributed by atoms with E-state index in [1.165, 1.54) is 13.0 Å². The summed E-state index contributed by atoms with van der Waals surface area (Å²) in [5, 5.41) is 2.68. The molecule has 1 atom stereocenters. The lowest BCUT2D eigenvalue weighted by Crippen LogP contribution is -2.30. The van der Waals surface area contributed by atoms with Crippen LogP contribution in [-0.2, 0) is 24.3 Å². The first-order chi connectivity index (χ1) is 15.8. The van der Waals surface area contributed by atoms with Crippen molar-refractivity contribution in [1.29, 1.82) is 0 Å². The molecule has 0 saturated heterocycles. The van der Waals surface area contributed by atoms with Gasteiger partial charge in [-0.1, -0.05) is 12.1 Å². The molecule has 0 aromatic heterocycles. The van der Waals surface area contributed by atoms with Crippen molar-refractivity contribution < 1.29 is 32.2 Å². The highest BCUT2D eigenvalue weighted by atomic mass is 32.2. The predicted octanol–water partition coefficient (Wildman–Crippen LogP) is 1.85. The summed E-state index contributed by atoms with van der Waals surface area (Å²) in [5.41, 5.74) is 1.01. The van der Waals surface area contributed by atoms with Crippen molar-refractivity contribution in [1.82, 2.24) is 4.72 Å². The number of carbonyl (C=O) groups excluding carboxylic acids is 2. The van der Waals surface area contributed by atoms with Crippen LogP contribution in [0.5, 0.6) is 11.5 Å². The number of fused-ring (bicyclic) bond motifs is 2. The summed E-state index contributed by atoms with van der Waals surface area (Å²) in [4.78, 5) is 28.9. The molecule has 2 N–H and O–H groups in total. The molecule has 11 heteroatoms. The third-order valence-electron chi connectivity index (χ3n) is 4.96. The van der Waals surface area contributed by atoms with E-state index in [-0.39, 0.29) is 23.7 Å². The summed E-state index contributed by atoms with van der Waals surface area (Å²) in [6.45, 7) is 2.61. The summed E-state index contributed by atoms with van der Waals surface area (Å²) < 4.78 is 42.7. The van der Waals surface area contributed by atoms with Crippen LogP contribution in [0, 0.1) is 0 Å². The van der Waals surface area contributed by atoms with Gasteiger partial charge in [0.05, 0.1) is 4.90 Å². The molecule has 2 aliphatic rings. The van der Waals surface area contributed by atoms with Gasteiger partial charge in [0, 0.05) is 30.3 Å². The Bertz CT molecular complexity index is 1210. The van der Waals surface area contributed by atoms with Crippen molar-refractivity contribution in [3.05, 3.63) is 48.0 Å². The standard InChI is InChI=1S/C22H23N3O7S/c1-14(22(27)24-15-8-9-17-18(13-15)31-12-11-30-17)32-20(26)7-4-10-23-21-16-5-2-3-6-19(16)33(28,29)25-21/h2-3,5-6,8-9,13-14H,4,7,10-12H2,1H3,(H,23,25)(H,24,27). The number of nitrogens with one attached hydrogen (secondary N) is 2. The van der Waals surface area contributed by atoms with Crippen LogP contribution in [0.4, 0.5) is 5.69 Å². The number of amides is 1. The Hall–Kier alpha value is -3.60. The van der Waals surface area contributed by atoms with E-state index in [0.29, 0.717) is 42.4 Å².